The molecule has 0 saturated carbocycles. The number of carbonyl (C=O) groups excluding carboxylic acids is 2. The van der Waals surface area contributed by atoms with E-state index in [4.69, 9.17) is 9.47 Å². The van der Waals surface area contributed by atoms with Crippen LogP contribution in [0.25, 0.3) is 5.76 Å². The Morgan fingerprint density at radius 1 is 1.14 bits per heavy atom. The zero-order chi connectivity index (χ0) is 24.5. The van der Waals surface area contributed by atoms with Gasteiger partial charge in [-0.3, -0.25) is 14.6 Å². The summed E-state index contributed by atoms with van der Waals surface area (Å²) in [7, 11) is 0. The van der Waals surface area contributed by atoms with Gasteiger partial charge in [-0.2, -0.15) is 0 Å². The van der Waals surface area contributed by atoms with Gasteiger partial charge in [-0.1, -0.05) is 12.1 Å². The quantitative estimate of drug-likeness (QED) is 0.326. The normalized spacial score (nSPS) is 20.6. The number of aliphatic hydroxyl groups excluding tert-OH is 1. The van der Waals surface area contributed by atoms with Gasteiger partial charge in [-0.15, -0.1) is 0 Å². The van der Waals surface area contributed by atoms with Crippen molar-refractivity contribution >= 4 is 17.4 Å². The smallest absolute Gasteiger partial charge is 0.295 e. The summed E-state index contributed by atoms with van der Waals surface area (Å²) in [6.07, 6.45) is 4.05. The Hall–Kier alpha value is -4.13. The highest BCUT2D eigenvalue weighted by Crippen LogP contribution is 2.42. The molecule has 0 radical (unpaired) electrons. The lowest BCUT2D eigenvalue weighted by Gasteiger charge is -2.25. The molecule has 1 fully saturated rings. The van der Waals surface area contributed by atoms with Crippen molar-refractivity contribution < 1.29 is 24.2 Å². The van der Waals surface area contributed by atoms with Gasteiger partial charge in [0.15, 0.2) is 0 Å². The topological polar surface area (TPSA) is 89.0 Å². The summed E-state index contributed by atoms with van der Waals surface area (Å²) in [4.78, 5) is 32.1. The van der Waals surface area contributed by atoms with Crippen LogP contribution >= 0.6 is 0 Å². The molecule has 35 heavy (non-hydrogen) atoms. The summed E-state index contributed by atoms with van der Waals surface area (Å²) in [5, 5.41) is 11.4. The number of pyridine rings is 1. The molecule has 2 atom stereocenters. The van der Waals surface area contributed by atoms with E-state index in [1.807, 2.05) is 44.2 Å². The molecule has 2 aliphatic rings. The van der Waals surface area contributed by atoms with Crippen LogP contribution < -0.4 is 9.47 Å². The monoisotopic (exact) mass is 470 g/mol. The van der Waals surface area contributed by atoms with Crippen LogP contribution in [-0.4, -0.2) is 39.4 Å². The van der Waals surface area contributed by atoms with E-state index in [9.17, 15) is 14.7 Å². The van der Waals surface area contributed by atoms with E-state index in [0.29, 0.717) is 29.9 Å². The second-order valence-electron chi connectivity index (χ2n) is 8.74. The van der Waals surface area contributed by atoms with Crippen molar-refractivity contribution in [2.24, 2.45) is 0 Å². The third-order valence-electron chi connectivity index (χ3n) is 6.30. The molecule has 0 bridgehead atoms. The molecular weight excluding hydrogens is 444 g/mol. The van der Waals surface area contributed by atoms with Crippen LogP contribution in [0.15, 0.2) is 72.6 Å². The van der Waals surface area contributed by atoms with E-state index in [2.05, 4.69) is 4.98 Å². The molecule has 7 heteroatoms. The molecule has 1 amide bonds. The predicted octanol–water partition coefficient (Wildman–Crippen LogP) is 4.43. The van der Waals surface area contributed by atoms with E-state index in [-0.39, 0.29) is 24.0 Å². The van der Waals surface area contributed by atoms with Crippen molar-refractivity contribution in [1.82, 2.24) is 9.88 Å². The number of rotatable bonds is 6. The molecule has 178 valence electrons. The van der Waals surface area contributed by atoms with Gasteiger partial charge in [0.2, 0.25) is 0 Å². The van der Waals surface area contributed by atoms with Crippen LogP contribution in [0.2, 0.25) is 0 Å². The minimum atomic E-state index is -0.771. The second kappa shape index (κ2) is 9.25. The van der Waals surface area contributed by atoms with Crippen LogP contribution in [0, 0.1) is 0 Å². The number of hydrogen-bond acceptors (Lipinski definition) is 6. The molecule has 2 aromatic carbocycles. The van der Waals surface area contributed by atoms with Crippen LogP contribution in [0.3, 0.4) is 0 Å². The van der Waals surface area contributed by atoms with Crippen molar-refractivity contribution in [3.63, 3.8) is 0 Å². The van der Waals surface area contributed by atoms with Gasteiger partial charge in [0.05, 0.1) is 18.2 Å². The molecule has 0 unspecified atom stereocenters. The summed E-state index contributed by atoms with van der Waals surface area (Å²) < 4.78 is 11.4. The third-order valence-corrected chi connectivity index (χ3v) is 6.30. The number of likely N-dealkylation sites (tertiary alicyclic amines) is 1. The highest BCUT2D eigenvalue weighted by Gasteiger charge is 2.46. The van der Waals surface area contributed by atoms with E-state index < -0.39 is 17.7 Å². The maximum atomic E-state index is 13.3. The first-order valence-corrected chi connectivity index (χ1v) is 11.7. The molecule has 0 spiro atoms. The Balaban J connectivity index is 1.63. The van der Waals surface area contributed by atoms with Crippen LogP contribution in [0.5, 0.6) is 11.5 Å². The number of nitrogens with zero attached hydrogens (tertiary/aromatic N) is 2. The van der Waals surface area contributed by atoms with Crippen molar-refractivity contribution in [2.45, 2.75) is 39.0 Å². The number of Topliss-reactive ketones (excluding diaryl/α,β-unsaturated/α-hetero) is 1. The Labute approximate surface area is 203 Å². The number of carbonyl (C=O) groups is 2. The first-order chi connectivity index (χ1) is 17.0. The van der Waals surface area contributed by atoms with Crippen molar-refractivity contribution in [3.8, 4) is 11.5 Å². The fourth-order valence-corrected chi connectivity index (χ4v) is 4.74. The maximum absolute atomic E-state index is 13.3. The van der Waals surface area contributed by atoms with Gasteiger partial charge < -0.3 is 19.5 Å². The SMILES string of the molecule is CCOc1cccc([C@@H]2/C(=C(\O)c3ccc4c(c3)C[C@@H](C)O4)C(=O)C(=O)N2Cc2ccncc2)c1. The van der Waals surface area contributed by atoms with Gasteiger partial charge >= 0.3 is 0 Å². The highest BCUT2D eigenvalue weighted by molar-refractivity contribution is 6.46. The molecule has 3 heterocycles. The number of ketones is 1. The Morgan fingerprint density at radius 3 is 2.71 bits per heavy atom. The number of ether oxygens (including phenoxy) is 2. The fraction of sp³-hybridized carbons (Fsp3) is 0.250. The van der Waals surface area contributed by atoms with Crippen molar-refractivity contribution in [2.75, 3.05) is 6.61 Å². The van der Waals surface area contributed by atoms with Crippen LogP contribution in [0.1, 0.15) is 42.1 Å². The zero-order valence-electron chi connectivity index (χ0n) is 19.6. The van der Waals surface area contributed by atoms with Crippen molar-refractivity contribution in [1.29, 1.82) is 0 Å². The molecular formula is C28H26N2O5. The van der Waals surface area contributed by atoms with E-state index in [1.165, 1.54) is 4.90 Å². The summed E-state index contributed by atoms with van der Waals surface area (Å²) in [6.45, 7) is 4.55. The Bertz CT molecular complexity index is 1320. The standard InChI is InChI=1S/C28H26N2O5/c1-3-34-22-6-4-5-19(15-22)25-24(26(31)20-7-8-23-21(14-20)13-17(2)35-23)27(32)28(33)30(25)16-18-9-11-29-12-10-18/h4-12,14-15,17,25,31H,3,13,16H2,1-2H3/b26-24+/t17-,25-/m1/s1. The average Bonchev–Trinajstić information content (AvgIpc) is 3.35. The van der Waals surface area contributed by atoms with E-state index in [1.54, 1.807) is 36.7 Å². The fourth-order valence-electron chi connectivity index (χ4n) is 4.74. The van der Waals surface area contributed by atoms with Gasteiger partial charge in [0.1, 0.15) is 23.4 Å². The largest absolute Gasteiger partial charge is 0.507 e. The number of fused-ring (bicyclic) bond motifs is 1. The summed E-state index contributed by atoms with van der Waals surface area (Å²) in [5.74, 6) is -0.173. The molecule has 0 aliphatic carbocycles. The molecule has 1 saturated heterocycles. The first kappa shape index (κ1) is 22.7. The first-order valence-electron chi connectivity index (χ1n) is 11.7. The van der Waals surface area contributed by atoms with E-state index >= 15 is 0 Å². The lowest BCUT2D eigenvalue weighted by molar-refractivity contribution is -0.140. The molecule has 3 aromatic rings. The number of aliphatic hydroxyl groups is 1. The number of aromatic nitrogens is 1. The third kappa shape index (κ3) is 4.25. The van der Waals surface area contributed by atoms with E-state index in [0.717, 1.165) is 16.9 Å². The van der Waals surface area contributed by atoms with Crippen molar-refractivity contribution in [3.05, 3.63) is 94.8 Å². The average molecular weight is 471 g/mol. The minimum Gasteiger partial charge on any atom is -0.507 e. The summed E-state index contributed by atoms with van der Waals surface area (Å²) in [6, 6.07) is 15.5. The van der Waals surface area contributed by atoms with Gasteiger partial charge in [-0.05, 0) is 73.0 Å². The minimum absolute atomic E-state index is 0.0506. The molecule has 5 rings (SSSR count). The Kier molecular flexibility index (Phi) is 5.99. The van der Waals surface area contributed by atoms with Gasteiger partial charge in [0, 0.05) is 30.9 Å². The number of amides is 1. The molecule has 1 N–H and O–H groups in total. The summed E-state index contributed by atoms with van der Waals surface area (Å²) in [5.41, 5.74) is 3.02. The summed E-state index contributed by atoms with van der Waals surface area (Å²) >= 11 is 0. The van der Waals surface area contributed by atoms with Gasteiger partial charge in [-0.25, -0.2) is 0 Å². The van der Waals surface area contributed by atoms with Crippen LogP contribution in [-0.2, 0) is 22.6 Å². The number of hydrogen-bond donors (Lipinski definition) is 1. The lowest BCUT2D eigenvalue weighted by atomic mass is 9.94. The maximum Gasteiger partial charge on any atom is 0.295 e. The lowest BCUT2D eigenvalue weighted by Crippen LogP contribution is -2.29. The molecule has 7 nitrogen and oxygen atoms in total. The highest BCUT2D eigenvalue weighted by atomic mass is 16.5. The molecule has 2 aliphatic heterocycles. The van der Waals surface area contributed by atoms with Gasteiger partial charge in [0.25, 0.3) is 11.7 Å². The zero-order valence-corrected chi connectivity index (χ0v) is 19.6. The van der Waals surface area contributed by atoms with Crippen LogP contribution in [0.4, 0.5) is 0 Å². The Morgan fingerprint density at radius 2 is 1.94 bits per heavy atom. The molecule has 1 aromatic heterocycles. The second-order valence-corrected chi connectivity index (χ2v) is 8.74. The predicted molar refractivity (Wildman–Crippen MR) is 130 cm³/mol. The number of benzene rings is 2.